The van der Waals surface area contributed by atoms with Gasteiger partial charge >= 0.3 is 0 Å². The molecular weight excluding hydrogens is 350 g/mol. The van der Waals surface area contributed by atoms with E-state index in [4.69, 9.17) is 4.42 Å². The van der Waals surface area contributed by atoms with Gasteiger partial charge in [0.1, 0.15) is 5.70 Å². The van der Waals surface area contributed by atoms with Crippen molar-refractivity contribution in [3.05, 3.63) is 76.8 Å². The summed E-state index contributed by atoms with van der Waals surface area (Å²) in [5.41, 5.74) is 0.190. The fourth-order valence-electron chi connectivity index (χ4n) is 2.34. The molecule has 3 heterocycles. The van der Waals surface area contributed by atoms with Crippen LogP contribution in [0.2, 0.25) is 0 Å². The zero-order valence-electron chi connectivity index (χ0n) is 14.1. The molecule has 0 bridgehead atoms. The number of amides is 2. The minimum absolute atomic E-state index is 0.155. The molecular formula is C19H19N3O3S. The van der Waals surface area contributed by atoms with Crippen LogP contribution in [0, 0.1) is 0 Å². The van der Waals surface area contributed by atoms with Gasteiger partial charge in [0, 0.05) is 30.4 Å². The molecule has 0 saturated carbocycles. The maximum absolute atomic E-state index is 12.5. The van der Waals surface area contributed by atoms with E-state index >= 15 is 0 Å². The predicted molar refractivity (Wildman–Crippen MR) is 101 cm³/mol. The summed E-state index contributed by atoms with van der Waals surface area (Å²) >= 11 is 1.49. The van der Waals surface area contributed by atoms with Crippen LogP contribution in [0.4, 0.5) is 0 Å². The van der Waals surface area contributed by atoms with Crippen LogP contribution >= 0.6 is 11.3 Å². The lowest BCUT2D eigenvalue weighted by molar-refractivity contribution is -0.117. The molecule has 2 amide bonds. The van der Waals surface area contributed by atoms with Gasteiger partial charge in [-0.15, -0.1) is 11.3 Å². The number of aryl methyl sites for hydroxylation is 1. The maximum atomic E-state index is 12.5. The van der Waals surface area contributed by atoms with Crippen molar-refractivity contribution in [2.45, 2.75) is 13.0 Å². The van der Waals surface area contributed by atoms with Gasteiger partial charge in [-0.2, -0.15) is 0 Å². The fraction of sp³-hybridized carbons (Fsp3) is 0.158. The summed E-state index contributed by atoms with van der Waals surface area (Å²) in [6.07, 6.45) is 7.82. The van der Waals surface area contributed by atoms with Crippen LogP contribution in [-0.4, -0.2) is 22.9 Å². The monoisotopic (exact) mass is 369 g/mol. The zero-order chi connectivity index (χ0) is 18.2. The maximum Gasteiger partial charge on any atom is 0.291 e. The van der Waals surface area contributed by atoms with Crippen LogP contribution in [0.5, 0.6) is 0 Å². The van der Waals surface area contributed by atoms with Gasteiger partial charge in [-0.25, -0.2) is 0 Å². The summed E-state index contributed by atoms with van der Waals surface area (Å²) in [4.78, 5) is 25.6. The number of aromatic nitrogens is 1. The molecule has 0 aliphatic carbocycles. The van der Waals surface area contributed by atoms with Crippen LogP contribution in [0.3, 0.4) is 0 Å². The van der Waals surface area contributed by atoms with Crippen molar-refractivity contribution in [3.63, 3.8) is 0 Å². The van der Waals surface area contributed by atoms with E-state index < -0.39 is 5.91 Å². The molecule has 3 aromatic rings. The lowest BCUT2D eigenvalue weighted by Crippen LogP contribution is -2.35. The summed E-state index contributed by atoms with van der Waals surface area (Å²) in [6.45, 7) is 1.32. The molecule has 134 valence electrons. The average Bonchev–Trinajstić information content (AvgIpc) is 3.41. The molecule has 0 unspecified atom stereocenters. The Balaban J connectivity index is 1.60. The smallest absolute Gasteiger partial charge is 0.291 e. The van der Waals surface area contributed by atoms with E-state index in [0.717, 1.165) is 17.8 Å². The van der Waals surface area contributed by atoms with E-state index in [0.29, 0.717) is 6.54 Å². The van der Waals surface area contributed by atoms with Gasteiger partial charge in [0.15, 0.2) is 5.76 Å². The number of thiophene rings is 1. The van der Waals surface area contributed by atoms with E-state index in [1.807, 2.05) is 46.6 Å². The lowest BCUT2D eigenvalue weighted by atomic mass is 10.3. The van der Waals surface area contributed by atoms with E-state index in [-0.39, 0.29) is 17.4 Å². The van der Waals surface area contributed by atoms with Gasteiger partial charge in [-0.05, 0) is 48.2 Å². The molecule has 3 rings (SSSR count). The zero-order valence-corrected chi connectivity index (χ0v) is 14.9. The number of furan rings is 1. The summed E-state index contributed by atoms with van der Waals surface area (Å²) < 4.78 is 7.13. The molecule has 0 aromatic carbocycles. The highest BCUT2D eigenvalue weighted by Crippen LogP contribution is 2.13. The van der Waals surface area contributed by atoms with Crippen molar-refractivity contribution in [1.29, 1.82) is 0 Å². The van der Waals surface area contributed by atoms with Crippen LogP contribution in [-0.2, 0) is 11.3 Å². The number of hydrogen-bond acceptors (Lipinski definition) is 4. The van der Waals surface area contributed by atoms with Crippen LogP contribution in [0.1, 0.15) is 21.9 Å². The standard InChI is InChI=1S/C19H19N3O3S/c23-18(20-8-5-11-22-9-1-2-10-22)16(14-15-6-4-13-26-15)21-19(24)17-7-3-12-25-17/h1-4,6-7,9-10,12-14H,5,8,11H2,(H,20,23)(H,21,24)/b16-14-. The first-order chi connectivity index (χ1) is 12.7. The molecule has 0 radical (unpaired) electrons. The van der Waals surface area contributed by atoms with Crippen molar-refractivity contribution in [1.82, 2.24) is 15.2 Å². The number of hydrogen-bond donors (Lipinski definition) is 2. The molecule has 26 heavy (non-hydrogen) atoms. The Kier molecular flexibility index (Phi) is 6.05. The van der Waals surface area contributed by atoms with E-state index in [2.05, 4.69) is 10.6 Å². The van der Waals surface area contributed by atoms with E-state index in [1.165, 1.54) is 17.6 Å². The van der Waals surface area contributed by atoms with E-state index in [9.17, 15) is 9.59 Å². The molecule has 0 aliphatic heterocycles. The Morgan fingerprint density at radius 3 is 2.69 bits per heavy atom. The van der Waals surface area contributed by atoms with Crippen molar-refractivity contribution < 1.29 is 14.0 Å². The third kappa shape index (κ3) is 4.97. The third-order valence-electron chi connectivity index (χ3n) is 3.61. The first-order valence-corrected chi connectivity index (χ1v) is 9.09. The molecule has 7 heteroatoms. The number of nitrogens with zero attached hydrogens (tertiary/aromatic N) is 1. The van der Waals surface area contributed by atoms with Gasteiger partial charge in [0.25, 0.3) is 11.8 Å². The third-order valence-corrected chi connectivity index (χ3v) is 4.43. The minimum Gasteiger partial charge on any atom is -0.459 e. The summed E-state index contributed by atoms with van der Waals surface area (Å²) in [6, 6.07) is 10.9. The van der Waals surface area contributed by atoms with Crippen molar-refractivity contribution in [2.24, 2.45) is 0 Å². The normalized spacial score (nSPS) is 11.3. The molecule has 0 spiro atoms. The van der Waals surface area contributed by atoms with Gasteiger partial charge in [0.05, 0.1) is 6.26 Å². The van der Waals surface area contributed by atoms with Gasteiger partial charge in [0.2, 0.25) is 0 Å². The SMILES string of the molecule is O=C(NCCCn1cccc1)/C(=C/c1cccs1)NC(=O)c1ccco1. The number of rotatable bonds is 8. The minimum atomic E-state index is -0.458. The molecule has 0 atom stereocenters. The van der Waals surface area contributed by atoms with Crippen molar-refractivity contribution in [2.75, 3.05) is 6.54 Å². The van der Waals surface area contributed by atoms with Crippen LogP contribution in [0.25, 0.3) is 6.08 Å². The second kappa shape index (κ2) is 8.87. The van der Waals surface area contributed by atoms with E-state index in [1.54, 1.807) is 18.2 Å². The molecule has 6 nitrogen and oxygen atoms in total. The van der Waals surface area contributed by atoms with Gasteiger partial charge in [-0.3, -0.25) is 9.59 Å². The Morgan fingerprint density at radius 1 is 1.15 bits per heavy atom. The Bertz CT molecular complexity index is 850. The number of nitrogens with one attached hydrogen (secondary N) is 2. The number of carbonyl (C=O) groups excluding carboxylic acids is 2. The Labute approximate surface area is 155 Å². The highest BCUT2D eigenvalue weighted by Gasteiger charge is 2.16. The predicted octanol–water partition coefficient (Wildman–Crippen LogP) is 3.12. The summed E-state index contributed by atoms with van der Waals surface area (Å²) in [5, 5.41) is 7.39. The average molecular weight is 369 g/mol. The molecule has 0 aliphatic rings. The lowest BCUT2D eigenvalue weighted by Gasteiger charge is -2.10. The fourth-order valence-corrected chi connectivity index (χ4v) is 3.00. The molecule has 3 aromatic heterocycles. The molecule has 0 fully saturated rings. The molecule has 0 saturated heterocycles. The highest BCUT2D eigenvalue weighted by molar-refractivity contribution is 7.10. The number of carbonyl (C=O) groups is 2. The summed E-state index contributed by atoms with van der Waals surface area (Å²) in [5.74, 6) is -0.631. The quantitative estimate of drug-likeness (QED) is 0.473. The molecule has 2 N–H and O–H groups in total. The first kappa shape index (κ1) is 17.8. The highest BCUT2D eigenvalue weighted by atomic mass is 32.1. The largest absolute Gasteiger partial charge is 0.459 e. The summed E-state index contributed by atoms with van der Waals surface area (Å²) in [7, 11) is 0. The second-order valence-electron chi connectivity index (χ2n) is 5.54. The first-order valence-electron chi connectivity index (χ1n) is 8.21. The second-order valence-corrected chi connectivity index (χ2v) is 6.51. The van der Waals surface area contributed by atoms with Gasteiger partial charge < -0.3 is 19.6 Å². The van der Waals surface area contributed by atoms with Crippen molar-refractivity contribution >= 4 is 29.2 Å². The van der Waals surface area contributed by atoms with Gasteiger partial charge in [-0.1, -0.05) is 6.07 Å². The van der Waals surface area contributed by atoms with Crippen LogP contribution in [0.15, 0.2) is 70.5 Å². The van der Waals surface area contributed by atoms with Crippen LogP contribution < -0.4 is 10.6 Å². The Hall–Kier alpha value is -3.06. The van der Waals surface area contributed by atoms with Crippen molar-refractivity contribution in [3.8, 4) is 0 Å². The topological polar surface area (TPSA) is 76.3 Å². The Morgan fingerprint density at radius 2 is 2.00 bits per heavy atom.